The molecule has 1 aliphatic heterocycles. The van der Waals surface area contributed by atoms with Gasteiger partial charge in [-0.05, 0) is 26.8 Å². The molecule has 2 heterocycles. The standard InChI is InChI=1S/C12H20N4/c1-12(2,3)16-9-7-15(8-10-16)11-13-5-4-6-14-11/h4-6H,7-10H2,1-3H3. The van der Waals surface area contributed by atoms with Crippen molar-refractivity contribution in [3.05, 3.63) is 18.5 Å². The maximum absolute atomic E-state index is 4.29. The Bertz CT molecular complexity index is 323. The van der Waals surface area contributed by atoms with Crippen molar-refractivity contribution in [2.45, 2.75) is 26.3 Å². The van der Waals surface area contributed by atoms with E-state index in [4.69, 9.17) is 0 Å². The summed E-state index contributed by atoms with van der Waals surface area (Å²) in [5, 5.41) is 0. The number of anilines is 1. The first-order valence-corrected chi connectivity index (χ1v) is 5.84. The Hall–Kier alpha value is -1.16. The molecule has 1 aromatic heterocycles. The molecule has 1 aliphatic rings. The van der Waals surface area contributed by atoms with Crippen LogP contribution in [0.4, 0.5) is 5.95 Å². The average Bonchev–Trinajstić information content (AvgIpc) is 2.29. The third kappa shape index (κ3) is 2.50. The lowest BCUT2D eigenvalue weighted by Gasteiger charge is -2.42. The van der Waals surface area contributed by atoms with Crippen molar-refractivity contribution in [1.29, 1.82) is 0 Å². The first-order chi connectivity index (χ1) is 7.57. The van der Waals surface area contributed by atoms with Gasteiger partial charge in [0.05, 0.1) is 0 Å². The summed E-state index contributed by atoms with van der Waals surface area (Å²) < 4.78 is 0. The highest BCUT2D eigenvalue weighted by Crippen LogP contribution is 2.17. The molecule has 0 radical (unpaired) electrons. The summed E-state index contributed by atoms with van der Waals surface area (Å²) in [4.78, 5) is 13.3. The summed E-state index contributed by atoms with van der Waals surface area (Å²) in [5.74, 6) is 0.857. The van der Waals surface area contributed by atoms with Gasteiger partial charge in [-0.15, -0.1) is 0 Å². The van der Waals surface area contributed by atoms with Crippen molar-refractivity contribution < 1.29 is 0 Å². The number of hydrogen-bond donors (Lipinski definition) is 0. The van der Waals surface area contributed by atoms with Crippen molar-refractivity contribution in [2.75, 3.05) is 31.1 Å². The van der Waals surface area contributed by atoms with E-state index >= 15 is 0 Å². The van der Waals surface area contributed by atoms with Crippen molar-refractivity contribution in [3.8, 4) is 0 Å². The van der Waals surface area contributed by atoms with Gasteiger partial charge in [0.15, 0.2) is 0 Å². The maximum Gasteiger partial charge on any atom is 0.225 e. The Morgan fingerprint density at radius 1 is 1.00 bits per heavy atom. The highest BCUT2D eigenvalue weighted by molar-refractivity contribution is 5.29. The lowest BCUT2D eigenvalue weighted by Crippen LogP contribution is -2.53. The smallest absolute Gasteiger partial charge is 0.225 e. The number of hydrogen-bond acceptors (Lipinski definition) is 4. The van der Waals surface area contributed by atoms with Gasteiger partial charge in [0, 0.05) is 44.1 Å². The first-order valence-electron chi connectivity index (χ1n) is 5.84. The van der Waals surface area contributed by atoms with E-state index in [1.54, 1.807) is 12.4 Å². The van der Waals surface area contributed by atoms with E-state index in [0.717, 1.165) is 32.1 Å². The van der Waals surface area contributed by atoms with Crippen LogP contribution in [0.2, 0.25) is 0 Å². The molecule has 0 atom stereocenters. The van der Waals surface area contributed by atoms with Gasteiger partial charge in [-0.2, -0.15) is 0 Å². The third-order valence-electron chi connectivity index (χ3n) is 3.06. The van der Waals surface area contributed by atoms with Crippen LogP contribution in [-0.4, -0.2) is 46.6 Å². The van der Waals surface area contributed by atoms with Gasteiger partial charge in [-0.1, -0.05) is 0 Å². The van der Waals surface area contributed by atoms with Crippen molar-refractivity contribution in [2.24, 2.45) is 0 Å². The van der Waals surface area contributed by atoms with E-state index in [1.165, 1.54) is 0 Å². The molecule has 0 bridgehead atoms. The van der Waals surface area contributed by atoms with E-state index in [9.17, 15) is 0 Å². The number of piperazine rings is 1. The molecule has 2 rings (SSSR count). The topological polar surface area (TPSA) is 32.3 Å². The average molecular weight is 220 g/mol. The van der Waals surface area contributed by atoms with E-state index in [0.29, 0.717) is 0 Å². The summed E-state index contributed by atoms with van der Waals surface area (Å²) in [6.07, 6.45) is 3.61. The summed E-state index contributed by atoms with van der Waals surface area (Å²) in [5.41, 5.74) is 0.267. The molecule has 0 N–H and O–H groups in total. The Kier molecular flexibility index (Phi) is 3.10. The van der Waals surface area contributed by atoms with Crippen molar-refractivity contribution in [1.82, 2.24) is 14.9 Å². The van der Waals surface area contributed by atoms with Crippen LogP contribution in [0.3, 0.4) is 0 Å². The van der Waals surface area contributed by atoms with Gasteiger partial charge in [0.1, 0.15) is 0 Å². The summed E-state index contributed by atoms with van der Waals surface area (Å²) >= 11 is 0. The van der Waals surface area contributed by atoms with Gasteiger partial charge < -0.3 is 4.90 Å². The van der Waals surface area contributed by atoms with Crippen molar-refractivity contribution in [3.63, 3.8) is 0 Å². The SMILES string of the molecule is CC(C)(C)N1CCN(c2ncccn2)CC1. The molecule has 1 saturated heterocycles. The molecule has 0 saturated carbocycles. The highest BCUT2D eigenvalue weighted by atomic mass is 15.3. The Morgan fingerprint density at radius 2 is 1.56 bits per heavy atom. The van der Waals surface area contributed by atoms with Crippen LogP contribution in [0, 0.1) is 0 Å². The zero-order valence-electron chi connectivity index (χ0n) is 10.3. The molecule has 4 heteroatoms. The second-order valence-electron chi connectivity index (χ2n) is 5.19. The molecule has 0 unspecified atom stereocenters. The molecular weight excluding hydrogens is 200 g/mol. The second-order valence-corrected chi connectivity index (χ2v) is 5.19. The monoisotopic (exact) mass is 220 g/mol. The highest BCUT2D eigenvalue weighted by Gasteiger charge is 2.26. The van der Waals surface area contributed by atoms with E-state index < -0.39 is 0 Å². The predicted octanol–water partition coefficient (Wildman–Crippen LogP) is 1.40. The minimum absolute atomic E-state index is 0.267. The Labute approximate surface area is 97.3 Å². The van der Waals surface area contributed by atoms with Gasteiger partial charge in [0.2, 0.25) is 5.95 Å². The van der Waals surface area contributed by atoms with E-state index in [-0.39, 0.29) is 5.54 Å². The summed E-state index contributed by atoms with van der Waals surface area (Å²) in [7, 11) is 0. The van der Waals surface area contributed by atoms with Gasteiger partial charge in [0.25, 0.3) is 0 Å². The van der Waals surface area contributed by atoms with Crippen LogP contribution in [0.1, 0.15) is 20.8 Å². The summed E-state index contributed by atoms with van der Waals surface area (Å²) in [6.45, 7) is 11.0. The first kappa shape index (κ1) is 11.3. The van der Waals surface area contributed by atoms with Crippen LogP contribution < -0.4 is 4.90 Å². The minimum atomic E-state index is 0.267. The molecule has 16 heavy (non-hydrogen) atoms. The molecule has 4 nitrogen and oxygen atoms in total. The molecule has 0 aromatic carbocycles. The molecule has 88 valence electrons. The van der Waals surface area contributed by atoms with Crippen LogP contribution >= 0.6 is 0 Å². The van der Waals surface area contributed by atoms with E-state index in [1.807, 2.05) is 6.07 Å². The molecular formula is C12H20N4. The van der Waals surface area contributed by atoms with Gasteiger partial charge in [-0.25, -0.2) is 9.97 Å². The minimum Gasteiger partial charge on any atom is -0.338 e. The second kappa shape index (κ2) is 4.37. The van der Waals surface area contributed by atoms with Crippen LogP contribution in [0.15, 0.2) is 18.5 Å². The zero-order valence-corrected chi connectivity index (χ0v) is 10.3. The van der Waals surface area contributed by atoms with E-state index in [2.05, 4.69) is 40.5 Å². The van der Waals surface area contributed by atoms with Gasteiger partial charge >= 0.3 is 0 Å². The molecule has 0 spiro atoms. The quantitative estimate of drug-likeness (QED) is 0.716. The Morgan fingerprint density at radius 3 is 2.06 bits per heavy atom. The lowest BCUT2D eigenvalue weighted by molar-refractivity contribution is 0.128. The fraction of sp³-hybridized carbons (Fsp3) is 0.667. The van der Waals surface area contributed by atoms with Crippen molar-refractivity contribution >= 4 is 5.95 Å². The molecule has 1 aromatic rings. The predicted molar refractivity (Wildman–Crippen MR) is 65.6 cm³/mol. The number of aromatic nitrogens is 2. The number of rotatable bonds is 1. The maximum atomic E-state index is 4.29. The Balaban J connectivity index is 1.96. The van der Waals surface area contributed by atoms with Gasteiger partial charge in [-0.3, -0.25) is 4.90 Å². The summed E-state index contributed by atoms with van der Waals surface area (Å²) in [6, 6.07) is 1.86. The van der Waals surface area contributed by atoms with Crippen LogP contribution in [0.25, 0.3) is 0 Å². The lowest BCUT2D eigenvalue weighted by atomic mass is 10.1. The largest absolute Gasteiger partial charge is 0.338 e. The molecule has 0 amide bonds. The van der Waals surface area contributed by atoms with Crippen LogP contribution in [0.5, 0.6) is 0 Å². The van der Waals surface area contributed by atoms with Crippen LogP contribution in [-0.2, 0) is 0 Å². The number of nitrogens with zero attached hydrogens (tertiary/aromatic N) is 4. The molecule has 1 fully saturated rings. The fourth-order valence-electron chi connectivity index (χ4n) is 2.03. The normalized spacial score (nSPS) is 18.8. The third-order valence-corrected chi connectivity index (χ3v) is 3.06. The zero-order chi connectivity index (χ0) is 11.6. The fourth-order valence-corrected chi connectivity index (χ4v) is 2.03. The molecule has 0 aliphatic carbocycles.